The van der Waals surface area contributed by atoms with Gasteiger partial charge in [0.1, 0.15) is 11.5 Å². The summed E-state index contributed by atoms with van der Waals surface area (Å²) in [6, 6.07) is 5.79. The van der Waals surface area contributed by atoms with Gasteiger partial charge in [-0.3, -0.25) is 9.78 Å². The molecule has 0 unspecified atom stereocenters. The van der Waals surface area contributed by atoms with Gasteiger partial charge in [-0.15, -0.1) is 0 Å². The fourth-order valence-corrected chi connectivity index (χ4v) is 3.26. The molecular formula is C21H28N6O2. The highest BCUT2D eigenvalue weighted by atomic mass is 16.5. The van der Waals surface area contributed by atoms with Crippen molar-refractivity contribution in [1.82, 2.24) is 20.3 Å². The van der Waals surface area contributed by atoms with E-state index in [9.17, 15) is 4.79 Å². The Balaban J connectivity index is 1.51. The SMILES string of the molecule is CN(CCc1cccnc1)c1nc(C(=O)NCC2CC2)cc(N2CCOCC2)n1. The van der Waals surface area contributed by atoms with Gasteiger partial charge in [-0.05, 0) is 36.8 Å². The van der Waals surface area contributed by atoms with Gasteiger partial charge in [0.15, 0.2) is 0 Å². The van der Waals surface area contributed by atoms with Crippen LogP contribution in [0.5, 0.6) is 0 Å². The Morgan fingerprint density at radius 2 is 2.14 bits per heavy atom. The van der Waals surface area contributed by atoms with E-state index in [2.05, 4.69) is 26.3 Å². The second-order valence-corrected chi connectivity index (χ2v) is 7.70. The van der Waals surface area contributed by atoms with Crippen LogP contribution < -0.4 is 15.1 Å². The summed E-state index contributed by atoms with van der Waals surface area (Å²) in [5.74, 6) is 1.84. The van der Waals surface area contributed by atoms with Gasteiger partial charge in [-0.1, -0.05) is 6.07 Å². The number of anilines is 2. The number of nitrogens with zero attached hydrogens (tertiary/aromatic N) is 5. The zero-order valence-corrected chi connectivity index (χ0v) is 16.9. The molecule has 1 aliphatic heterocycles. The zero-order chi connectivity index (χ0) is 20.1. The lowest BCUT2D eigenvalue weighted by Crippen LogP contribution is -2.37. The molecule has 0 spiro atoms. The van der Waals surface area contributed by atoms with Gasteiger partial charge in [0.05, 0.1) is 13.2 Å². The first-order chi connectivity index (χ1) is 14.2. The number of rotatable bonds is 8. The van der Waals surface area contributed by atoms with E-state index in [1.54, 1.807) is 12.3 Å². The maximum atomic E-state index is 12.7. The van der Waals surface area contributed by atoms with Crippen molar-refractivity contribution in [2.45, 2.75) is 19.3 Å². The fourth-order valence-electron chi connectivity index (χ4n) is 3.26. The molecule has 0 atom stereocenters. The lowest BCUT2D eigenvalue weighted by Gasteiger charge is -2.29. The molecule has 2 aromatic rings. The normalized spacial score (nSPS) is 16.5. The molecule has 0 radical (unpaired) electrons. The molecule has 0 bridgehead atoms. The number of hydrogen-bond donors (Lipinski definition) is 1. The Morgan fingerprint density at radius 3 is 2.86 bits per heavy atom. The summed E-state index contributed by atoms with van der Waals surface area (Å²) in [6.07, 6.45) is 6.87. The molecule has 4 rings (SSSR count). The molecule has 8 nitrogen and oxygen atoms in total. The van der Waals surface area contributed by atoms with E-state index in [1.807, 2.05) is 24.2 Å². The van der Waals surface area contributed by atoms with Crippen LogP contribution in [0.25, 0.3) is 0 Å². The molecular weight excluding hydrogens is 368 g/mol. The Bertz CT molecular complexity index is 821. The summed E-state index contributed by atoms with van der Waals surface area (Å²) in [5, 5.41) is 3.02. The van der Waals surface area contributed by atoms with Crippen molar-refractivity contribution < 1.29 is 9.53 Å². The van der Waals surface area contributed by atoms with Crippen molar-refractivity contribution in [1.29, 1.82) is 0 Å². The van der Waals surface area contributed by atoms with Gasteiger partial charge in [-0.2, -0.15) is 4.98 Å². The molecule has 1 amide bonds. The largest absolute Gasteiger partial charge is 0.378 e. The first-order valence-electron chi connectivity index (χ1n) is 10.3. The third kappa shape index (κ3) is 5.41. The maximum Gasteiger partial charge on any atom is 0.270 e. The molecule has 1 saturated heterocycles. The monoisotopic (exact) mass is 396 g/mol. The fraction of sp³-hybridized carbons (Fsp3) is 0.524. The minimum atomic E-state index is -0.129. The lowest BCUT2D eigenvalue weighted by atomic mass is 10.2. The van der Waals surface area contributed by atoms with Crippen LogP contribution in [0.3, 0.4) is 0 Å². The Morgan fingerprint density at radius 1 is 1.31 bits per heavy atom. The van der Waals surface area contributed by atoms with Crippen LogP contribution in [0.2, 0.25) is 0 Å². The number of morpholine rings is 1. The molecule has 1 N–H and O–H groups in total. The molecule has 0 aromatic carbocycles. The van der Waals surface area contributed by atoms with E-state index >= 15 is 0 Å². The third-order valence-corrected chi connectivity index (χ3v) is 5.32. The van der Waals surface area contributed by atoms with E-state index < -0.39 is 0 Å². The van der Waals surface area contributed by atoms with Crippen LogP contribution in [0.4, 0.5) is 11.8 Å². The topological polar surface area (TPSA) is 83.5 Å². The predicted octanol–water partition coefficient (Wildman–Crippen LogP) is 1.53. The van der Waals surface area contributed by atoms with E-state index in [4.69, 9.17) is 9.72 Å². The average molecular weight is 396 g/mol. The third-order valence-electron chi connectivity index (χ3n) is 5.32. The minimum absolute atomic E-state index is 0.129. The number of amides is 1. The zero-order valence-electron chi connectivity index (χ0n) is 16.9. The van der Waals surface area contributed by atoms with E-state index in [1.165, 1.54) is 12.8 Å². The summed E-state index contributed by atoms with van der Waals surface area (Å²) in [6.45, 7) is 4.32. The smallest absolute Gasteiger partial charge is 0.270 e. The summed E-state index contributed by atoms with van der Waals surface area (Å²) < 4.78 is 5.46. The Labute approximate surface area is 171 Å². The first kappa shape index (κ1) is 19.6. The molecule has 2 fully saturated rings. The Hall–Kier alpha value is -2.74. The summed E-state index contributed by atoms with van der Waals surface area (Å²) >= 11 is 0. The van der Waals surface area contributed by atoms with E-state index in [-0.39, 0.29) is 5.91 Å². The number of hydrogen-bond acceptors (Lipinski definition) is 7. The van der Waals surface area contributed by atoms with Crippen LogP contribution in [-0.4, -0.2) is 67.3 Å². The summed E-state index contributed by atoms with van der Waals surface area (Å²) in [7, 11) is 1.96. The molecule has 154 valence electrons. The van der Waals surface area contributed by atoms with Gasteiger partial charge in [-0.25, -0.2) is 4.98 Å². The average Bonchev–Trinajstić information content (AvgIpc) is 3.61. The lowest BCUT2D eigenvalue weighted by molar-refractivity contribution is 0.0946. The van der Waals surface area contributed by atoms with Gasteiger partial charge in [0.2, 0.25) is 5.95 Å². The molecule has 1 saturated carbocycles. The van der Waals surface area contributed by atoms with Crippen molar-refractivity contribution in [2.24, 2.45) is 5.92 Å². The van der Waals surface area contributed by atoms with Gasteiger partial charge >= 0.3 is 0 Å². The van der Waals surface area contributed by atoms with Crippen LogP contribution in [0, 0.1) is 5.92 Å². The molecule has 2 aromatic heterocycles. The molecule has 3 heterocycles. The van der Waals surface area contributed by atoms with Crippen LogP contribution in [0.1, 0.15) is 28.9 Å². The first-order valence-corrected chi connectivity index (χ1v) is 10.3. The molecule has 8 heteroatoms. The highest BCUT2D eigenvalue weighted by molar-refractivity contribution is 5.93. The number of carbonyl (C=O) groups excluding carboxylic acids is 1. The maximum absolute atomic E-state index is 12.7. The van der Waals surface area contributed by atoms with E-state index in [0.717, 1.165) is 44.0 Å². The molecule has 29 heavy (non-hydrogen) atoms. The highest BCUT2D eigenvalue weighted by Gasteiger charge is 2.23. The number of likely N-dealkylation sites (N-methyl/N-ethyl adjacent to an activating group) is 1. The second kappa shape index (κ2) is 9.17. The van der Waals surface area contributed by atoms with Gasteiger partial charge < -0.3 is 19.9 Å². The van der Waals surface area contributed by atoms with Crippen molar-refractivity contribution in [2.75, 3.05) is 56.2 Å². The van der Waals surface area contributed by atoms with Crippen molar-refractivity contribution in [3.8, 4) is 0 Å². The summed E-state index contributed by atoms with van der Waals surface area (Å²) in [4.78, 5) is 30.3. The number of ether oxygens (including phenoxy) is 1. The second-order valence-electron chi connectivity index (χ2n) is 7.70. The standard InChI is InChI=1S/C21H28N6O2/c1-26(8-6-16-3-2-7-22-14-16)21-24-18(20(28)23-15-17-4-5-17)13-19(25-21)27-9-11-29-12-10-27/h2-3,7,13-14,17H,4-6,8-12,15H2,1H3,(H,23,28). The van der Waals surface area contributed by atoms with Crippen molar-refractivity contribution >= 4 is 17.7 Å². The number of pyridine rings is 1. The van der Waals surface area contributed by atoms with Crippen LogP contribution >= 0.6 is 0 Å². The number of carbonyl (C=O) groups is 1. The quantitative estimate of drug-likeness (QED) is 0.724. The number of nitrogens with one attached hydrogen (secondary N) is 1. The van der Waals surface area contributed by atoms with Crippen LogP contribution in [0.15, 0.2) is 30.6 Å². The number of aromatic nitrogens is 3. The minimum Gasteiger partial charge on any atom is -0.378 e. The predicted molar refractivity (Wildman–Crippen MR) is 111 cm³/mol. The molecule has 1 aliphatic carbocycles. The van der Waals surface area contributed by atoms with E-state index in [0.29, 0.717) is 30.8 Å². The highest BCUT2D eigenvalue weighted by Crippen LogP contribution is 2.27. The van der Waals surface area contributed by atoms with Crippen molar-refractivity contribution in [3.05, 3.63) is 41.9 Å². The Kier molecular flexibility index (Phi) is 6.19. The van der Waals surface area contributed by atoms with Crippen molar-refractivity contribution in [3.63, 3.8) is 0 Å². The molecule has 2 aliphatic rings. The van der Waals surface area contributed by atoms with Gasteiger partial charge in [0, 0.05) is 51.7 Å². The summed E-state index contributed by atoms with van der Waals surface area (Å²) in [5.41, 5.74) is 1.58. The van der Waals surface area contributed by atoms with Gasteiger partial charge in [0.25, 0.3) is 5.91 Å². The van der Waals surface area contributed by atoms with Crippen LogP contribution in [-0.2, 0) is 11.2 Å².